The number of hydrogen-bond acceptors (Lipinski definition) is 5. The van der Waals surface area contributed by atoms with E-state index in [1.807, 2.05) is 25.1 Å². The summed E-state index contributed by atoms with van der Waals surface area (Å²) in [4.78, 5) is 32.1. The van der Waals surface area contributed by atoms with Crippen molar-refractivity contribution in [3.05, 3.63) is 12.4 Å². The molecule has 0 spiro atoms. The van der Waals surface area contributed by atoms with E-state index in [-0.39, 0.29) is 35.9 Å². The fourth-order valence-corrected chi connectivity index (χ4v) is 3.12. The van der Waals surface area contributed by atoms with E-state index < -0.39 is 0 Å². The van der Waals surface area contributed by atoms with Crippen LogP contribution in [-0.4, -0.2) is 72.4 Å². The maximum Gasteiger partial charge on any atom is 0.305 e. The SMILES string of the molecule is CCNC(=NCCCCCCC(=O)OC)N1CCN(c2cnn(C)c2)C(=O)C1.I. The van der Waals surface area contributed by atoms with Gasteiger partial charge in [0.1, 0.15) is 6.54 Å². The van der Waals surface area contributed by atoms with Gasteiger partial charge in [-0.2, -0.15) is 5.10 Å². The van der Waals surface area contributed by atoms with Gasteiger partial charge in [0, 0.05) is 45.8 Å². The number of aromatic nitrogens is 2. The third-order valence-corrected chi connectivity index (χ3v) is 4.64. The van der Waals surface area contributed by atoms with Gasteiger partial charge in [0.2, 0.25) is 5.91 Å². The molecule has 1 aromatic heterocycles. The summed E-state index contributed by atoms with van der Waals surface area (Å²) in [5, 5.41) is 7.43. The minimum absolute atomic E-state index is 0. The highest BCUT2D eigenvalue weighted by molar-refractivity contribution is 14.0. The van der Waals surface area contributed by atoms with Crippen LogP contribution in [0.15, 0.2) is 17.4 Å². The van der Waals surface area contributed by atoms with E-state index >= 15 is 0 Å². The Hall–Kier alpha value is -1.85. The number of guanidine groups is 1. The summed E-state index contributed by atoms with van der Waals surface area (Å²) in [6.45, 7) is 5.14. The summed E-state index contributed by atoms with van der Waals surface area (Å²) in [6.07, 6.45) is 7.86. The van der Waals surface area contributed by atoms with Crippen molar-refractivity contribution in [3.8, 4) is 0 Å². The molecule has 29 heavy (non-hydrogen) atoms. The molecule has 0 aliphatic carbocycles. The number of ether oxygens (including phenoxy) is 1. The van der Waals surface area contributed by atoms with Gasteiger partial charge in [0.05, 0.1) is 19.0 Å². The van der Waals surface area contributed by atoms with Crippen LogP contribution in [-0.2, 0) is 21.4 Å². The van der Waals surface area contributed by atoms with Gasteiger partial charge in [-0.05, 0) is 19.8 Å². The smallest absolute Gasteiger partial charge is 0.305 e. The fourth-order valence-electron chi connectivity index (χ4n) is 3.12. The Morgan fingerprint density at radius 1 is 1.28 bits per heavy atom. The van der Waals surface area contributed by atoms with Gasteiger partial charge in [0.25, 0.3) is 0 Å². The normalized spacial score (nSPS) is 14.6. The highest BCUT2D eigenvalue weighted by atomic mass is 127. The van der Waals surface area contributed by atoms with Gasteiger partial charge < -0.3 is 19.9 Å². The van der Waals surface area contributed by atoms with Gasteiger partial charge in [-0.1, -0.05) is 12.8 Å². The lowest BCUT2D eigenvalue weighted by molar-refractivity contribution is -0.140. The lowest BCUT2D eigenvalue weighted by Crippen LogP contribution is -2.55. The van der Waals surface area contributed by atoms with Crippen LogP contribution < -0.4 is 10.2 Å². The summed E-state index contributed by atoms with van der Waals surface area (Å²) < 4.78 is 6.34. The monoisotopic (exact) mass is 520 g/mol. The number of piperazine rings is 1. The Bertz CT molecular complexity index is 679. The number of anilines is 1. The molecule has 0 saturated carbocycles. The minimum Gasteiger partial charge on any atom is -0.469 e. The number of amides is 1. The van der Waals surface area contributed by atoms with E-state index in [4.69, 9.17) is 0 Å². The van der Waals surface area contributed by atoms with Crippen molar-refractivity contribution < 1.29 is 14.3 Å². The van der Waals surface area contributed by atoms with Gasteiger partial charge >= 0.3 is 5.97 Å². The average molecular weight is 520 g/mol. The number of rotatable bonds is 9. The Labute approximate surface area is 189 Å². The van der Waals surface area contributed by atoms with Crippen LogP contribution in [0.2, 0.25) is 0 Å². The molecular weight excluding hydrogens is 487 g/mol. The first-order valence-corrected chi connectivity index (χ1v) is 9.94. The van der Waals surface area contributed by atoms with Crippen molar-refractivity contribution in [3.63, 3.8) is 0 Å². The number of carbonyl (C=O) groups excluding carboxylic acids is 2. The number of unbranched alkanes of at least 4 members (excludes halogenated alkanes) is 3. The van der Waals surface area contributed by atoms with Crippen molar-refractivity contribution in [2.75, 3.05) is 44.7 Å². The van der Waals surface area contributed by atoms with Crippen molar-refractivity contribution in [1.82, 2.24) is 20.0 Å². The Morgan fingerprint density at radius 3 is 2.66 bits per heavy atom. The van der Waals surface area contributed by atoms with Crippen molar-refractivity contribution in [1.29, 1.82) is 0 Å². The second-order valence-corrected chi connectivity index (χ2v) is 6.82. The molecule has 0 aromatic carbocycles. The predicted octanol–water partition coefficient (Wildman–Crippen LogP) is 1.78. The topological polar surface area (TPSA) is 92.1 Å². The minimum atomic E-state index is -0.150. The maximum atomic E-state index is 12.6. The number of aryl methyl sites for hydroxylation is 1. The van der Waals surface area contributed by atoms with Crippen molar-refractivity contribution in [2.45, 2.75) is 39.0 Å². The summed E-state index contributed by atoms with van der Waals surface area (Å²) in [7, 11) is 3.26. The molecule has 1 aliphatic rings. The zero-order chi connectivity index (χ0) is 20.4. The zero-order valence-electron chi connectivity index (χ0n) is 17.6. The number of aliphatic imine (C=N–C) groups is 1. The molecule has 1 aromatic rings. The molecule has 1 saturated heterocycles. The number of methoxy groups -OCH3 is 1. The predicted molar refractivity (Wildman–Crippen MR) is 124 cm³/mol. The second-order valence-electron chi connectivity index (χ2n) is 6.82. The van der Waals surface area contributed by atoms with Crippen LogP contribution in [0.3, 0.4) is 0 Å². The summed E-state index contributed by atoms with van der Waals surface area (Å²) >= 11 is 0. The van der Waals surface area contributed by atoms with E-state index in [9.17, 15) is 9.59 Å². The Morgan fingerprint density at radius 2 is 2.03 bits per heavy atom. The highest BCUT2D eigenvalue weighted by Crippen LogP contribution is 2.16. The van der Waals surface area contributed by atoms with E-state index in [0.29, 0.717) is 26.1 Å². The number of halogens is 1. The highest BCUT2D eigenvalue weighted by Gasteiger charge is 2.27. The van der Waals surface area contributed by atoms with E-state index in [0.717, 1.165) is 50.4 Å². The molecule has 10 heteroatoms. The number of esters is 1. The summed E-state index contributed by atoms with van der Waals surface area (Å²) in [5.74, 6) is 0.687. The van der Waals surface area contributed by atoms with Crippen molar-refractivity contribution in [2.24, 2.45) is 12.0 Å². The molecule has 0 radical (unpaired) electrons. The molecule has 0 unspecified atom stereocenters. The lowest BCUT2D eigenvalue weighted by Gasteiger charge is -2.35. The molecule has 2 heterocycles. The number of carbonyl (C=O) groups is 2. The van der Waals surface area contributed by atoms with Crippen LogP contribution in [0, 0.1) is 0 Å². The third kappa shape index (κ3) is 8.19. The first kappa shape index (κ1) is 25.2. The van der Waals surface area contributed by atoms with Gasteiger partial charge in [-0.15, -0.1) is 24.0 Å². The number of nitrogens with one attached hydrogen (secondary N) is 1. The maximum absolute atomic E-state index is 12.6. The van der Waals surface area contributed by atoms with E-state index in [2.05, 4.69) is 20.1 Å². The van der Waals surface area contributed by atoms with Gasteiger partial charge in [0.15, 0.2) is 5.96 Å². The summed E-state index contributed by atoms with van der Waals surface area (Å²) in [5.41, 5.74) is 0.834. The van der Waals surface area contributed by atoms with Crippen LogP contribution in [0.4, 0.5) is 5.69 Å². The molecule has 1 fully saturated rings. The van der Waals surface area contributed by atoms with Crippen LogP contribution in [0.5, 0.6) is 0 Å². The molecule has 2 rings (SSSR count). The number of hydrogen-bond donors (Lipinski definition) is 1. The van der Waals surface area contributed by atoms with Crippen LogP contribution in [0.25, 0.3) is 0 Å². The second kappa shape index (κ2) is 13.4. The molecule has 9 nitrogen and oxygen atoms in total. The standard InChI is InChI=1S/C19H32N6O3.HI/c1-4-20-19(21-10-8-6-5-7-9-18(27)28-3)24-11-12-25(17(26)15-24)16-13-22-23(2)14-16;/h13-14H,4-12,15H2,1-3H3,(H,20,21);1H. The molecule has 164 valence electrons. The Balaban J connectivity index is 0.00000420. The molecule has 1 N–H and O–H groups in total. The largest absolute Gasteiger partial charge is 0.469 e. The number of nitrogens with zero attached hydrogens (tertiary/aromatic N) is 5. The Kier molecular flexibility index (Phi) is 11.6. The van der Waals surface area contributed by atoms with E-state index in [1.165, 1.54) is 7.11 Å². The zero-order valence-corrected chi connectivity index (χ0v) is 19.9. The molecule has 0 bridgehead atoms. The lowest BCUT2D eigenvalue weighted by atomic mass is 10.1. The fraction of sp³-hybridized carbons (Fsp3) is 0.684. The molecule has 1 amide bonds. The average Bonchev–Trinajstić information content (AvgIpc) is 3.12. The molecule has 0 atom stereocenters. The van der Waals surface area contributed by atoms with Gasteiger partial charge in [-0.3, -0.25) is 19.3 Å². The van der Waals surface area contributed by atoms with E-state index in [1.54, 1.807) is 15.8 Å². The first-order valence-electron chi connectivity index (χ1n) is 9.94. The van der Waals surface area contributed by atoms with Gasteiger partial charge in [-0.25, -0.2) is 0 Å². The van der Waals surface area contributed by atoms with Crippen LogP contribution in [0.1, 0.15) is 39.0 Å². The molecule has 1 aliphatic heterocycles. The quantitative estimate of drug-likeness (QED) is 0.176. The first-order chi connectivity index (χ1) is 13.5. The van der Waals surface area contributed by atoms with Crippen LogP contribution >= 0.6 is 24.0 Å². The third-order valence-electron chi connectivity index (χ3n) is 4.64. The summed E-state index contributed by atoms with van der Waals surface area (Å²) in [6, 6.07) is 0. The van der Waals surface area contributed by atoms with Crippen molar-refractivity contribution >= 4 is 47.5 Å². The molecular formula is C19H33IN6O3.